The van der Waals surface area contributed by atoms with Crippen molar-refractivity contribution in [2.75, 3.05) is 0 Å². The topological polar surface area (TPSA) is 46.5 Å². The summed E-state index contributed by atoms with van der Waals surface area (Å²) in [6.07, 6.45) is 11.3. The molecule has 4 aliphatic carbocycles. The lowest BCUT2D eigenvalue weighted by atomic mass is 9.43. The summed E-state index contributed by atoms with van der Waals surface area (Å²) >= 11 is 0. The van der Waals surface area contributed by atoms with Gasteiger partial charge in [0.15, 0.2) is 0 Å². The molecule has 2 fully saturated rings. The van der Waals surface area contributed by atoms with E-state index in [4.69, 9.17) is 4.74 Å². The first-order valence-electron chi connectivity index (χ1n) is 14.4. The second-order valence-corrected chi connectivity index (χ2v) is 14.2. The summed E-state index contributed by atoms with van der Waals surface area (Å²) < 4.78 is 5.86. The van der Waals surface area contributed by atoms with Gasteiger partial charge in [0, 0.05) is 12.3 Å². The highest BCUT2D eigenvalue weighted by Crippen LogP contribution is 2.72. The number of rotatable bonds is 6. The molecule has 4 aliphatic rings. The number of aliphatic hydroxyl groups is 1. The summed E-state index contributed by atoms with van der Waals surface area (Å²) in [5.41, 5.74) is 5.36. The van der Waals surface area contributed by atoms with E-state index >= 15 is 0 Å². The SMILES string of the molecule is C=C(C)[C@@H](O)CC[C@@H](C)[C@H]1CC[C@@]2(C)C3=C(CC[C@]12C)[C@@]1(C)CC[C@H](OC(C)=O)C(C)(C)C1CC3. The van der Waals surface area contributed by atoms with Crippen molar-refractivity contribution in [3.8, 4) is 0 Å². The van der Waals surface area contributed by atoms with Gasteiger partial charge in [-0.1, -0.05) is 64.8 Å². The molecule has 0 amide bonds. The minimum absolute atomic E-state index is 0.00962. The van der Waals surface area contributed by atoms with Gasteiger partial charge >= 0.3 is 5.97 Å². The molecule has 0 saturated heterocycles. The van der Waals surface area contributed by atoms with Crippen molar-refractivity contribution < 1.29 is 14.6 Å². The number of carbonyl (C=O) groups is 1. The fourth-order valence-electron chi connectivity index (χ4n) is 9.90. The molecule has 3 heteroatoms. The predicted molar refractivity (Wildman–Crippen MR) is 144 cm³/mol. The molecule has 2 saturated carbocycles. The van der Waals surface area contributed by atoms with Crippen LogP contribution in [0.1, 0.15) is 120 Å². The number of carbonyl (C=O) groups excluding carboxylic acids is 1. The van der Waals surface area contributed by atoms with Crippen molar-refractivity contribution >= 4 is 5.97 Å². The number of ether oxygens (including phenoxy) is 1. The van der Waals surface area contributed by atoms with Gasteiger partial charge in [-0.25, -0.2) is 0 Å². The molecular formula is C32H52O3. The van der Waals surface area contributed by atoms with E-state index in [0.29, 0.717) is 17.3 Å². The average Bonchev–Trinajstić information content (AvgIpc) is 3.05. The lowest BCUT2D eigenvalue weighted by Gasteiger charge is -2.62. The first-order valence-corrected chi connectivity index (χ1v) is 14.4. The van der Waals surface area contributed by atoms with E-state index in [9.17, 15) is 9.90 Å². The molecule has 4 rings (SSSR count). The lowest BCUT2D eigenvalue weighted by Crippen LogP contribution is -2.55. The molecule has 35 heavy (non-hydrogen) atoms. The van der Waals surface area contributed by atoms with E-state index in [2.05, 4.69) is 48.1 Å². The summed E-state index contributed by atoms with van der Waals surface area (Å²) in [7, 11) is 0. The molecule has 0 heterocycles. The number of allylic oxidation sites excluding steroid dienone is 2. The van der Waals surface area contributed by atoms with Crippen LogP contribution in [0, 0.1) is 39.4 Å². The standard InChI is InChI=1S/C32H52O3/c1-20(2)26(34)12-10-21(3)23-14-18-32(9)25-11-13-27-29(5,6)28(35-22(4)33)16-17-30(27,7)24(25)15-19-31(23,32)8/h21,23,26-28,34H,1,10-19H2,2-9H3/t21-,23-,26+,27?,28+,30-,31-,32+/m1/s1. The third-order valence-corrected chi connectivity index (χ3v) is 12.2. The smallest absolute Gasteiger partial charge is 0.302 e. The summed E-state index contributed by atoms with van der Waals surface area (Å²) in [6.45, 7) is 22.4. The van der Waals surface area contributed by atoms with E-state index in [1.807, 2.05) is 12.5 Å². The Bertz CT molecular complexity index is 898. The van der Waals surface area contributed by atoms with Gasteiger partial charge in [0.05, 0.1) is 6.10 Å². The maximum atomic E-state index is 11.8. The van der Waals surface area contributed by atoms with Crippen LogP contribution >= 0.6 is 0 Å². The van der Waals surface area contributed by atoms with Crippen LogP contribution in [0.15, 0.2) is 23.3 Å². The van der Waals surface area contributed by atoms with Crippen LogP contribution in [0.25, 0.3) is 0 Å². The van der Waals surface area contributed by atoms with Crippen LogP contribution in [0.5, 0.6) is 0 Å². The van der Waals surface area contributed by atoms with Gasteiger partial charge in [-0.05, 0) is 105 Å². The maximum Gasteiger partial charge on any atom is 0.302 e. The van der Waals surface area contributed by atoms with E-state index in [-0.39, 0.29) is 34.4 Å². The zero-order valence-corrected chi connectivity index (χ0v) is 23.9. The van der Waals surface area contributed by atoms with Gasteiger partial charge in [-0.3, -0.25) is 4.79 Å². The van der Waals surface area contributed by atoms with Crippen LogP contribution in [0.3, 0.4) is 0 Å². The highest BCUT2D eigenvalue weighted by atomic mass is 16.5. The summed E-state index contributed by atoms with van der Waals surface area (Å²) in [6, 6.07) is 0. The minimum atomic E-state index is -0.362. The number of hydrogen-bond acceptors (Lipinski definition) is 3. The molecule has 0 radical (unpaired) electrons. The molecule has 0 aliphatic heterocycles. The Morgan fingerprint density at radius 3 is 2.31 bits per heavy atom. The second-order valence-electron chi connectivity index (χ2n) is 14.2. The normalized spacial score (nSPS) is 41.9. The molecule has 0 bridgehead atoms. The zero-order chi connectivity index (χ0) is 26.0. The summed E-state index contributed by atoms with van der Waals surface area (Å²) in [5, 5.41) is 10.3. The van der Waals surface area contributed by atoms with E-state index in [1.54, 1.807) is 12.5 Å². The molecule has 8 atom stereocenters. The predicted octanol–water partition coefficient (Wildman–Crippen LogP) is 8.02. The molecule has 0 spiro atoms. The van der Waals surface area contributed by atoms with Crippen LogP contribution < -0.4 is 0 Å². The van der Waals surface area contributed by atoms with Gasteiger partial charge in [0.25, 0.3) is 0 Å². The van der Waals surface area contributed by atoms with Gasteiger partial charge in [0.2, 0.25) is 0 Å². The zero-order valence-electron chi connectivity index (χ0n) is 23.9. The lowest BCUT2D eigenvalue weighted by molar-refractivity contribution is -0.167. The molecule has 1 N–H and O–H groups in total. The van der Waals surface area contributed by atoms with Gasteiger partial charge < -0.3 is 9.84 Å². The Morgan fingerprint density at radius 1 is 1.00 bits per heavy atom. The fourth-order valence-corrected chi connectivity index (χ4v) is 9.90. The molecule has 3 nitrogen and oxygen atoms in total. The Hall–Kier alpha value is -1.09. The third-order valence-electron chi connectivity index (χ3n) is 12.2. The maximum absolute atomic E-state index is 11.8. The Balaban J connectivity index is 1.61. The molecule has 0 aromatic heterocycles. The Labute approximate surface area is 215 Å². The number of aliphatic hydroxyl groups excluding tert-OH is 1. The van der Waals surface area contributed by atoms with Crippen LogP contribution in [0.4, 0.5) is 0 Å². The van der Waals surface area contributed by atoms with Gasteiger partial charge in [-0.15, -0.1) is 0 Å². The van der Waals surface area contributed by atoms with E-state index in [1.165, 1.54) is 38.5 Å². The molecular weight excluding hydrogens is 432 g/mol. The van der Waals surface area contributed by atoms with Gasteiger partial charge in [-0.2, -0.15) is 0 Å². The number of esters is 1. The van der Waals surface area contributed by atoms with Crippen molar-refractivity contribution in [1.82, 2.24) is 0 Å². The number of fused-ring (bicyclic) bond motifs is 4. The largest absolute Gasteiger partial charge is 0.462 e. The Morgan fingerprint density at radius 2 is 1.69 bits per heavy atom. The average molecular weight is 485 g/mol. The van der Waals surface area contributed by atoms with E-state index in [0.717, 1.165) is 37.2 Å². The first-order chi connectivity index (χ1) is 16.2. The molecule has 0 aromatic rings. The monoisotopic (exact) mass is 484 g/mol. The second kappa shape index (κ2) is 9.03. The third kappa shape index (κ3) is 4.07. The molecule has 0 aromatic carbocycles. The quantitative estimate of drug-likeness (QED) is 0.307. The van der Waals surface area contributed by atoms with Crippen LogP contribution in [-0.4, -0.2) is 23.3 Å². The Kier molecular flexibility index (Phi) is 6.96. The van der Waals surface area contributed by atoms with E-state index < -0.39 is 0 Å². The summed E-state index contributed by atoms with van der Waals surface area (Å²) in [4.78, 5) is 11.8. The van der Waals surface area contributed by atoms with Gasteiger partial charge in [0.1, 0.15) is 6.10 Å². The first kappa shape index (κ1) is 27.0. The van der Waals surface area contributed by atoms with Crippen molar-refractivity contribution in [2.24, 2.45) is 39.4 Å². The molecule has 198 valence electrons. The fraction of sp³-hybridized carbons (Fsp3) is 0.844. The van der Waals surface area contributed by atoms with Crippen molar-refractivity contribution in [1.29, 1.82) is 0 Å². The van der Waals surface area contributed by atoms with Crippen molar-refractivity contribution in [3.63, 3.8) is 0 Å². The van der Waals surface area contributed by atoms with Crippen LogP contribution in [-0.2, 0) is 9.53 Å². The van der Waals surface area contributed by atoms with Crippen LogP contribution in [0.2, 0.25) is 0 Å². The molecule has 1 unspecified atom stereocenters. The highest BCUT2D eigenvalue weighted by molar-refractivity contribution is 5.66. The highest BCUT2D eigenvalue weighted by Gasteiger charge is 2.63. The number of hydrogen-bond donors (Lipinski definition) is 1. The minimum Gasteiger partial charge on any atom is -0.462 e. The van der Waals surface area contributed by atoms with Crippen molar-refractivity contribution in [3.05, 3.63) is 23.3 Å². The van der Waals surface area contributed by atoms with Crippen molar-refractivity contribution in [2.45, 2.75) is 132 Å². The summed E-state index contributed by atoms with van der Waals surface area (Å²) in [5.74, 6) is 1.79.